The Hall–Kier alpha value is -1.26. The van der Waals surface area contributed by atoms with Crippen LogP contribution in [-0.2, 0) is 4.79 Å². The topological polar surface area (TPSA) is 56.7 Å². The molecule has 2 rings (SSSR count). The summed E-state index contributed by atoms with van der Waals surface area (Å²) in [4.78, 5) is 18.2. The van der Waals surface area contributed by atoms with E-state index in [1.165, 1.54) is 25.7 Å². The summed E-state index contributed by atoms with van der Waals surface area (Å²) in [5, 5.41) is 6.04. The highest BCUT2D eigenvalue weighted by Crippen LogP contribution is 2.47. The molecule has 0 aromatic heterocycles. The molecule has 0 aromatic rings. The third-order valence-corrected chi connectivity index (χ3v) is 4.34. The van der Waals surface area contributed by atoms with E-state index in [0.29, 0.717) is 12.0 Å². The molecule has 5 nitrogen and oxygen atoms in total. The van der Waals surface area contributed by atoms with Crippen LogP contribution >= 0.6 is 0 Å². The van der Waals surface area contributed by atoms with Gasteiger partial charge in [-0.1, -0.05) is 13.3 Å². The Morgan fingerprint density at radius 2 is 2.11 bits per heavy atom. The van der Waals surface area contributed by atoms with E-state index in [1.807, 2.05) is 0 Å². The maximum Gasteiger partial charge on any atom is 0.239 e. The normalized spacial score (nSPS) is 21.4. The van der Waals surface area contributed by atoms with Gasteiger partial charge in [-0.05, 0) is 31.1 Å². The Bertz CT molecular complexity index is 349. The maximum atomic E-state index is 11.6. The average Bonchev–Trinajstić information content (AvgIpc) is 2.82. The highest BCUT2D eigenvalue weighted by molar-refractivity contribution is 5.86. The number of hydrogen-bond acceptors (Lipinski definition) is 2. The lowest BCUT2D eigenvalue weighted by Crippen LogP contribution is -2.46. The van der Waals surface area contributed by atoms with E-state index in [0.717, 1.165) is 32.0 Å². The molecule has 2 aliphatic rings. The van der Waals surface area contributed by atoms with E-state index in [2.05, 4.69) is 27.4 Å². The van der Waals surface area contributed by atoms with E-state index in [9.17, 15) is 4.79 Å². The number of rotatable bonds is 4. The summed E-state index contributed by atoms with van der Waals surface area (Å²) in [6.07, 6.45) is 6.33. The first-order valence-corrected chi connectivity index (χ1v) is 7.41. The fourth-order valence-corrected chi connectivity index (χ4v) is 3.02. The molecule has 0 unspecified atom stereocenters. The van der Waals surface area contributed by atoms with Crippen LogP contribution < -0.4 is 10.6 Å². The Balaban J connectivity index is 1.76. The summed E-state index contributed by atoms with van der Waals surface area (Å²) in [5.74, 6) is 0.913. The summed E-state index contributed by atoms with van der Waals surface area (Å²) in [6, 6.07) is 0. The maximum absolute atomic E-state index is 11.6. The molecule has 1 aliphatic heterocycles. The first kappa shape index (κ1) is 14.2. The quantitative estimate of drug-likeness (QED) is 0.589. The van der Waals surface area contributed by atoms with Crippen LogP contribution in [0.3, 0.4) is 0 Å². The number of likely N-dealkylation sites (tertiary alicyclic amines) is 1. The number of nitrogens with zero attached hydrogens (tertiary/aromatic N) is 2. The summed E-state index contributed by atoms with van der Waals surface area (Å²) >= 11 is 0. The summed E-state index contributed by atoms with van der Waals surface area (Å²) < 4.78 is 0. The molecule has 0 aromatic carbocycles. The van der Waals surface area contributed by atoms with Gasteiger partial charge in [0.05, 0.1) is 6.54 Å². The van der Waals surface area contributed by atoms with E-state index < -0.39 is 0 Å². The highest BCUT2D eigenvalue weighted by Gasteiger charge is 2.43. The van der Waals surface area contributed by atoms with Gasteiger partial charge in [0.25, 0.3) is 0 Å². The third kappa shape index (κ3) is 3.39. The van der Waals surface area contributed by atoms with Crippen LogP contribution in [0, 0.1) is 5.41 Å². The fraction of sp³-hybridized carbons (Fsp3) is 0.857. The van der Waals surface area contributed by atoms with Gasteiger partial charge in [-0.2, -0.15) is 0 Å². The summed E-state index contributed by atoms with van der Waals surface area (Å²) in [5.41, 5.74) is 0.558. The molecule has 0 bridgehead atoms. The van der Waals surface area contributed by atoms with Crippen molar-refractivity contribution in [2.45, 2.75) is 39.0 Å². The minimum Gasteiger partial charge on any atom is -0.355 e. The minimum atomic E-state index is 0.0422. The molecule has 19 heavy (non-hydrogen) atoms. The first-order valence-electron chi connectivity index (χ1n) is 7.41. The molecule has 2 N–H and O–H groups in total. The van der Waals surface area contributed by atoms with Crippen molar-refractivity contribution in [3.8, 4) is 0 Å². The van der Waals surface area contributed by atoms with Gasteiger partial charge in [-0.3, -0.25) is 9.79 Å². The lowest BCUT2D eigenvalue weighted by molar-refractivity contribution is -0.120. The zero-order valence-electron chi connectivity index (χ0n) is 12.2. The van der Waals surface area contributed by atoms with Crippen LogP contribution in [0.2, 0.25) is 0 Å². The van der Waals surface area contributed by atoms with Crippen molar-refractivity contribution in [1.29, 1.82) is 0 Å². The zero-order chi connectivity index (χ0) is 13.7. The van der Waals surface area contributed by atoms with Gasteiger partial charge in [-0.25, -0.2) is 0 Å². The fourth-order valence-electron chi connectivity index (χ4n) is 3.02. The molecule has 5 heteroatoms. The standard InChI is InChI=1S/C14H26N4O/c1-3-8-16-12(19)10-17-13(15-2)18-9-7-14(11-18)5-4-6-14/h3-11H2,1-2H3,(H,15,17)(H,16,19). The molecule has 1 saturated carbocycles. The third-order valence-electron chi connectivity index (χ3n) is 4.34. The van der Waals surface area contributed by atoms with Gasteiger partial charge in [0.15, 0.2) is 5.96 Å². The van der Waals surface area contributed by atoms with Gasteiger partial charge >= 0.3 is 0 Å². The smallest absolute Gasteiger partial charge is 0.239 e. The molecular formula is C14H26N4O. The molecular weight excluding hydrogens is 240 g/mol. The molecule has 108 valence electrons. The van der Waals surface area contributed by atoms with Crippen LogP contribution in [0.5, 0.6) is 0 Å². The summed E-state index contributed by atoms with van der Waals surface area (Å²) in [6.45, 7) is 5.27. The molecule has 2 fully saturated rings. The minimum absolute atomic E-state index is 0.0422. The predicted molar refractivity (Wildman–Crippen MR) is 77.1 cm³/mol. The number of nitrogens with one attached hydrogen (secondary N) is 2. The van der Waals surface area contributed by atoms with E-state index in [-0.39, 0.29) is 5.91 Å². The Morgan fingerprint density at radius 1 is 1.32 bits per heavy atom. The molecule has 0 radical (unpaired) electrons. The van der Waals surface area contributed by atoms with E-state index in [1.54, 1.807) is 7.05 Å². The van der Waals surface area contributed by atoms with Crippen molar-refractivity contribution < 1.29 is 4.79 Å². The number of amides is 1. The SMILES string of the molecule is CCCNC(=O)CNC(=NC)N1CCC2(CCC2)C1. The Morgan fingerprint density at radius 3 is 2.63 bits per heavy atom. The molecule has 1 amide bonds. The van der Waals surface area contributed by atoms with E-state index >= 15 is 0 Å². The van der Waals surface area contributed by atoms with Crippen LogP contribution in [0.1, 0.15) is 39.0 Å². The zero-order valence-corrected chi connectivity index (χ0v) is 12.2. The van der Waals surface area contributed by atoms with Crippen molar-refractivity contribution >= 4 is 11.9 Å². The second kappa shape index (κ2) is 6.26. The van der Waals surface area contributed by atoms with Crippen LogP contribution in [-0.4, -0.2) is 50.0 Å². The van der Waals surface area contributed by atoms with Crippen LogP contribution in [0.15, 0.2) is 4.99 Å². The van der Waals surface area contributed by atoms with Crippen molar-refractivity contribution in [1.82, 2.24) is 15.5 Å². The Labute approximate surface area is 115 Å². The average molecular weight is 266 g/mol. The predicted octanol–water partition coefficient (Wildman–Crippen LogP) is 0.964. The molecule has 0 atom stereocenters. The largest absolute Gasteiger partial charge is 0.355 e. The highest BCUT2D eigenvalue weighted by atomic mass is 16.1. The van der Waals surface area contributed by atoms with Gasteiger partial charge in [0.1, 0.15) is 0 Å². The van der Waals surface area contributed by atoms with Crippen LogP contribution in [0.4, 0.5) is 0 Å². The van der Waals surface area contributed by atoms with Gasteiger partial charge in [0.2, 0.25) is 5.91 Å². The molecule has 1 saturated heterocycles. The van der Waals surface area contributed by atoms with E-state index in [4.69, 9.17) is 0 Å². The molecule has 1 aliphatic carbocycles. The van der Waals surface area contributed by atoms with Crippen molar-refractivity contribution in [3.05, 3.63) is 0 Å². The Kier molecular flexibility index (Phi) is 4.66. The molecule has 1 spiro atoms. The number of carbonyl (C=O) groups is 1. The second-order valence-electron chi connectivity index (χ2n) is 5.78. The van der Waals surface area contributed by atoms with Gasteiger partial charge < -0.3 is 15.5 Å². The lowest BCUT2D eigenvalue weighted by atomic mass is 9.68. The van der Waals surface area contributed by atoms with Crippen molar-refractivity contribution in [2.24, 2.45) is 10.4 Å². The lowest BCUT2D eigenvalue weighted by Gasteiger charge is -2.38. The number of guanidine groups is 1. The van der Waals surface area contributed by atoms with Crippen molar-refractivity contribution in [2.75, 3.05) is 33.2 Å². The van der Waals surface area contributed by atoms with Crippen LogP contribution in [0.25, 0.3) is 0 Å². The number of hydrogen-bond donors (Lipinski definition) is 2. The van der Waals surface area contributed by atoms with Crippen molar-refractivity contribution in [3.63, 3.8) is 0 Å². The first-order chi connectivity index (χ1) is 9.19. The molecule has 1 heterocycles. The summed E-state index contributed by atoms with van der Waals surface area (Å²) in [7, 11) is 1.79. The second-order valence-corrected chi connectivity index (χ2v) is 5.78. The number of carbonyl (C=O) groups excluding carboxylic acids is 1. The number of aliphatic imine (C=N–C) groups is 1. The monoisotopic (exact) mass is 266 g/mol. The van der Waals surface area contributed by atoms with Gasteiger partial charge in [-0.15, -0.1) is 0 Å². The van der Waals surface area contributed by atoms with Gasteiger partial charge in [0, 0.05) is 26.7 Å².